The maximum atomic E-state index is 11.4. The highest BCUT2D eigenvalue weighted by molar-refractivity contribution is 7.91. The van der Waals surface area contributed by atoms with Gasteiger partial charge in [-0.05, 0) is 12.8 Å². The van der Waals surface area contributed by atoms with Crippen molar-refractivity contribution in [2.24, 2.45) is 0 Å². The van der Waals surface area contributed by atoms with Crippen molar-refractivity contribution < 1.29 is 12.8 Å². The van der Waals surface area contributed by atoms with Gasteiger partial charge in [0.25, 0.3) is 0 Å². The van der Waals surface area contributed by atoms with Crippen LogP contribution in [0, 0.1) is 0 Å². The molecule has 0 aromatic carbocycles. The second kappa shape index (κ2) is 5.22. The van der Waals surface area contributed by atoms with E-state index in [0.717, 1.165) is 6.42 Å². The van der Waals surface area contributed by atoms with E-state index >= 15 is 0 Å². The van der Waals surface area contributed by atoms with E-state index in [-0.39, 0.29) is 23.6 Å². The summed E-state index contributed by atoms with van der Waals surface area (Å²) in [5.41, 5.74) is 0. The molecule has 2 heterocycles. The van der Waals surface area contributed by atoms with Gasteiger partial charge in [0.2, 0.25) is 5.89 Å². The van der Waals surface area contributed by atoms with E-state index in [1.807, 2.05) is 0 Å². The molecule has 0 radical (unpaired) electrons. The molecule has 1 N–H and O–H groups in total. The zero-order valence-corrected chi connectivity index (χ0v) is 10.8. The van der Waals surface area contributed by atoms with E-state index in [1.54, 1.807) is 0 Å². The van der Waals surface area contributed by atoms with Gasteiger partial charge in [-0.3, -0.25) is 0 Å². The number of nitrogens with zero attached hydrogens (tertiary/aromatic N) is 2. The van der Waals surface area contributed by atoms with Gasteiger partial charge < -0.3 is 9.73 Å². The summed E-state index contributed by atoms with van der Waals surface area (Å²) in [6.45, 7) is 0. The maximum Gasteiger partial charge on any atom is 0.315 e. The zero-order valence-electron chi connectivity index (χ0n) is 9.23. The first kappa shape index (κ1) is 12.6. The van der Waals surface area contributed by atoms with Crippen LogP contribution in [0.2, 0.25) is 0 Å². The number of halogens is 1. The van der Waals surface area contributed by atoms with E-state index in [9.17, 15) is 8.42 Å². The number of hydrogen-bond donors (Lipinski definition) is 1. The average molecular weight is 280 g/mol. The third-order valence-electron chi connectivity index (χ3n) is 2.57. The summed E-state index contributed by atoms with van der Waals surface area (Å²) in [5.74, 6) is 1.27. The standard InChI is InChI=1S/C9H14ClN3O3S/c10-4-3-8-12-13-9(16-8)11-7-2-1-5-17(14,15)6-7/h7H,1-6H2,(H,11,13). The number of anilines is 1. The molecule has 1 aliphatic rings. The Morgan fingerprint density at radius 1 is 1.47 bits per heavy atom. The molecule has 0 saturated carbocycles. The Bertz CT molecular complexity index is 474. The minimum atomic E-state index is -2.93. The fourth-order valence-electron chi connectivity index (χ4n) is 1.81. The molecule has 0 bridgehead atoms. The second-order valence-corrected chi connectivity index (χ2v) is 6.64. The Labute approximate surface area is 105 Å². The van der Waals surface area contributed by atoms with Crippen LogP contribution < -0.4 is 5.32 Å². The Balaban J connectivity index is 1.95. The van der Waals surface area contributed by atoms with Crippen LogP contribution >= 0.6 is 11.6 Å². The van der Waals surface area contributed by atoms with Crippen LogP contribution in [0.1, 0.15) is 18.7 Å². The minimum absolute atomic E-state index is 0.125. The summed E-state index contributed by atoms with van der Waals surface area (Å²) in [4.78, 5) is 0. The predicted octanol–water partition coefficient (Wildman–Crippen LogP) is 0.840. The van der Waals surface area contributed by atoms with Gasteiger partial charge in [-0.2, -0.15) is 0 Å². The molecular formula is C9H14ClN3O3S. The predicted molar refractivity (Wildman–Crippen MR) is 64.0 cm³/mol. The molecule has 0 spiro atoms. The van der Waals surface area contributed by atoms with Gasteiger partial charge in [-0.15, -0.1) is 16.7 Å². The lowest BCUT2D eigenvalue weighted by atomic mass is 10.2. The molecule has 2 rings (SSSR count). The van der Waals surface area contributed by atoms with Crippen molar-refractivity contribution in [2.45, 2.75) is 25.3 Å². The summed E-state index contributed by atoms with van der Waals surface area (Å²) in [5, 5.41) is 10.5. The van der Waals surface area contributed by atoms with Gasteiger partial charge in [0, 0.05) is 18.3 Å². The van der Waals surface area contributed by atoms with Crippen LogP contribution in [-0.4, -0.2) is 42.0 Å². The number of aromatic nitrogens is 2. The largest absolute Gasteiger partial charge is 0.408 e. The molecule has 1 aromatic heterocycles. The Morgan fingerprint density at radius 3 is 3.00 bits per heavy atom. The van der Waals surface area contributed by atoms with Crippen LogP contribution in [-0.2, 0) is 16.3 Å². The molecule has 0 aliphatic carbocycles. The number of alkyl halides is 1. The normalized spacial score (nSPS) is 23.5. The fraction of sp³-hybridized carbons (Fsp3) is 0.778. The Morgan fingerprint density at radius 2 is 2.29 bits per heavy atom. The monoisotopic (exact) mass is 279 g/mol. The van der Waals surface area contributed by atoms with Gasteiger partial charge in [-0.25, -0.2) is 8.42 Å². The lowest BCUT2D eigenvalue weighted by Crippen LogP contribution is -2.34. The van der Waals surface area contributed by atoms with Crippen LogP contribution in [0.5, 0.6) is 0 Å². The SMILES string of the molecule is O=S1(=O)CCCC(Nc2nnc(CCCl)o2)C1. The molecule has 1 saturated heterocycles. The van der Waals surface area contributed by atoms with Crippen LogP contribution in [0.3, 0.4) is 0 Å². The van der Waals surface area contributed by atoms with Crippen LogP contribution in [0.4, 0.5) is 6.01 Å². The Hall–Kier alpha value is -0.820. The van der Waals surface area contributed by atoms with Crippen molar-refractivity contribution in [2.75, 3.05) is 22.7 Å². The molecular weight excluding hydrogens is 266 g/mol. The van der Waals surface area contributed by atoms with Gasteiger partial charge in [0.1, 0.15) is 0 Å². The first-order chi connectivity index (χ1) is 8.09. The molecule has 6 nitrogen and oxygen atoms in total. The Kier molecular flexibility index (Phi) is 3.88. The van der Waals surface area contributed by atoms with Crippen LogP contribution in [0.25, 0.3) is 0 Å². The second-order valence-electron chi connectivity index (χ2n) is 4.04. The lowest BCUT2D eigenvalue weighted by Gasteiger charge is -2.21. The van der Waals surface area contributed by atoms with Crippen molar-refractivity contribution in [1.29, 1.82) is 0 Å². The molecule has 1 atom stereocenters. The smallest absolute Gasteiger partial charge is 0.315 e. The molecule has 17 heavy (non-hydrogen) atoms. The first-order valence-electron chi connectivity index (χ1n) is 5.44. The van der Waals surface area contributed by atoms with Gasteiger partial charge in [0.15, 0.2) is 9.84 Å². The van der Waals surface area contributed by atoms with Crippen molar-refractivity contribution in [3.8, 4) is 0 Å². The molecule has 1 aliphatic heterocycles. The summed E-state index contributed by atoms with van der Waals surface area (Å²) in [6.07, 6.45) is 1.98. The molecule has 1 unspecified atom stereocenters. The van der Waals surface area contributed by atoms with Crippen molar-refractivity contribution >= 4 is 27.5 Å². The number of nitrogens with one attached hydrogen (secondary N) is 1. The summed E-state index contributed by atoms with van der Waals surface area (Å²) in [6, 6.07) is 0.130. The topological polar surface area (TPSA) is 85.1 Å². The highest BCUT2D eigenvalue weighted by Gasteiger charge is 2.25. The quantitative estimate of drug-likeness (QED) is 0.822. The third-order valence-corrected chi connectivity index (χ3v) is 4.58. The maximum absolute atomic E-state index is 11.4. The number of hydrogen-bond acceptors (Lipinski definition) is 6. The minimum Gasteiger partial charge on any atom is -0.408 e. The number of aryl methyl sites for hydroxylation is 1. The zero-order chi connectivity index (χ0) is 12.3. The van der Waals surface area contributed by atoms with Gasteiger partial charge in [-0.1, -0.05) is 5.10 Å². The van der Waals surface area contributed by atoms with E-state index in [1.165, 1.54) is 0 Å². The molecule has 96 valence electrons. The molecule has 1 aromatic rings. The van der Waals surface area contributed by atoms with Gasteiger partial charge >= 0.3 is 6.01 Å². The fourth-order valence-corrected chi connectivity index (χ4v) is 3.60. The summed E-state index contributed by atoms with van der Waals surface area (Å²) in [7, 11) is -2.93. The number of rotatable bonds is 4. The van der Waals surface area contributed by atoms with E-state index in [0.29, 0.717) is 24.6 Å². The highest BCUT2D eigenvalue weighted by Crippen LogP contribution is 2.16. The van der Waals surface area contributed by atoms with Crippen molar-refractivity contribution in [3.63, 3.8) is 0 Å². The first-order valence-corrected chi connectivity index (χ1v) is 7.80. The summed E-state index contributed by atoms with van der Waals surface area (Å²) >= 11 is 5.55. The molecule has 8 heteroatoms. The average Bonchev–Trinajstić information content (AvgIpc) is 2.64. The van der Waals surface area contributed by atoms with Crippen molar-refractivity contribution in [1.82, 2.24) is 10.2 Å². The van der Waals surface area contributed by atoms with Crippen LogP contribution in [0.15, 0.2) is 4.42 Å². The van der Waals surface area contributed by atoms with E-state index in [4.69, 9.17) is 16.0 Å². The number of sulfone groups is 1. The summed E-state index contributed by atoms with van der Waals surface area (Å²) < 4.78 is 28.2. The van der Waals surface area contributed by atoms with Crippen molar-refractivity contribution in [3.05, 3.63) is 5.89 Å². The van der Waals surface area contributed by atoms with E-state index in [2.05, 4.69) is 15.5 Å². The third kappa shape index (κ3) is 3.57. The highest BCUT2D eigenvalue weighted by atomic mass is 35.5. The molecule has 0 amide bonds. The van der Waals surface area contributed by atoms with E-state index < -0.39 is 9.84 Å². The van der Waals surface area contributed by atoms with Gasteiger partial charge in [0.05, 0.1) is 11.5 Å². The molecule has 1 fully saturated rings. The lowest BCUT2D eigenvalue weighted by molar-refractivity contribution is 0.499.